The van der Waals surface area contributed by atoms with Crippen LogP contribution in [0.3, 0.4) is 0 Å². The maximum Gasteiger partial charge on any atom is 0.303 e. The van der Waals surface area contributed by atoms with Gasteiger partial charge in [0.25, 0.3) is 0 Å². The van der Waals surface area contributed by atoms with Gasteiger partial charge in [-0.15, -0.1) is 0 Å². The third-order valence-electron chi connectivity index (χ3n) is 9.73. The highest BCUT2D eigenvalue weighted by Crippen LogP contribution is 2.17. The molecule has 0 saturated heterocycles. The largest absolute Gasteiger partial charge is 0.481 e. The quantitative estimate of drug-likeness (QED) is 0.0714. The second-order valence-electron chi connectivity index (χ2n) is 14.1. The van der Waals surface area contributed by atoms with Crippen LogP contribution in [0.5, 0.6) is 0 Å². The molecular weight excluding hydrogens is 526 g/mol. The van der Waals surface area contributed by atoms with E-state index in [9.17, 15) is 4.79 Å². The highest BCUT2D eigenvalue weighted by atomic mass is 16.4. The Hall–Kier alpha value is -0.570. The van der Waals surface area contributed by atoms with E-state index in [-0.39, 0.29) is 0 Å². The van der Waals surface area contributed by atoms with E-state index in [1.54, 1.807) is 0 Å². The first-order valence-corrected chi connectivity index (χ1v) is 20.1. The maximum atomic E-state index is 11.0. The number of carbonyl (C=O) groups is 1. The fourth-order valence-corrected chi connectivity index (χ4v) is 6.66. The second kappa shape index (κ2) is 35.9. The van der Waals surface area contributed by atoms with Gasteiger partial charge in [-0.1, -0.05) is 194 Å². The first-order valence-electron chi connectivity index (χ1n) is 20.1. The first kappa shape index (κ1) is 42.4. The molecule has 0 aliphatic carbocycles. The summed E-state index contributed by atoms with van der Waals surface area (Å²) in [4.78, 5) is 13.7. The SMILES string of the molecule is CCCCCCCCCCCCCCCCCN(CCCCCCCCCCCCCCCCC)C(C)CCCC(=O)O. The van der Waals surface area contributed by atoms with Crippen molar-refractivity contribution in [3.63, 3.8) is 0 Å². The molecule has 43 heavy (non-hydrogen) atoms. The minimum Gasteiger partial charge on any atom is -0.481 e. The van der Waals surface area contributed by atoms with Crippen LogP contribution in [0.15, 0.2) is 0 Å². The normalized spacial score (nSPS) is 12.4. The van der Waals surface area contributed by atoms with Crippen molar-refractivity contribution in [2.45, 2.75) is 239 Å². The minimum absolute atomic E-state index is 0.316. The molecule has 1 atom stereocenters. The van der Waals surface area contributed by atoms with Gasteiger partial charge in [0.15, 0.2) is 0 Å². The van der Waals surface area contributed by atoms with Crippen LogP contribution in [0.4, 0.5) is 0 Å². The Balaban J connectivity index is 3.83. The molecule has 0 bridgehead atoms. The summed E-state index contributed by atoms with van der Waals surface area (Å²) >= 11 is 0. The van der Waals surface area contributed by atoms with Crippen LogP contribution in [-0.4, -0.2) is 35.1 Å². The third kappa shape index (κ3) is 34.1. The highest BCUT2D eigenvalue weighted by molar-refractivity contribution is 5.66. The summed E-state index contributed by atoms with van der Waals surface area (Å²) in [5.41, 5.74) is 0. The van der Waals surface area contributed by atoms with E-state index in [0.717, 1.165) is 12.8 Å². The van der Waals surface area contributed by atoms with E-state index in [4.69, 9.17) is 5.11 Å². The molecule has 0 aromatic rings. The predicted molar refractivity (Wildman–Crippen MR) is 192 cm³/mol. The average Bonchev–Trinajstić information content (AvgIpc) is 2.99. The van der Waals surface area contributed by atoms with Gasteiger partial charge in [-0.3, -0.25) is 4.79 Å². The van der Waals surface area contributed by atoms with E-state index >= 15 is 0 Å². The predicted octanol–water partition coefficient (Wildman–Crippen LogP) is 13.7. The van der Waals surface area contributed by atoms with Gasteiger partial charge in [0.05, 0.1) is 0 Å². The Labute approximate surface area is 272 Å². The molecule has 0 fully saturated rings. The van der Waals surface area contributed by atoms with Gasteiger partial charge >= 0.3 is 5.97 Å². The lowest BCUT2D eigenvalue weighted by Crippen LogP contribution is -2.35. The van der Waals surface area contributed by atoms with Crippen LogP contribution in [0.1, 0.15) is 233 Å². The Kier molecular flexibility index (Phi) is 35.4. The van der Waals surface area contributed by atoms with Crippen molar-refractivity contribution in [3.05, 3.63) is 0 Å². The van der Waals surface area contributed by atoms with Crippen LogP contribution in [0, 0.1) is 0 Å². The van der Waals surface area contributed by atoms with E-state index in [1.165, 1.54) is 206 Å². The molecule has 0 spiro atoms. The van der Waals surface area contributed by atoms with Crippen molar-refractivity contribution in [1.29, 1.82) is 0 Å². The molecule has 0 heterocycles. The van der Waals surface area contributed by atoms with Gasteiger partial charge in [-0.2, -0.15) is 0 Å². The number of hydrogen-bond acceptors (Lipinski definition) is 2. The Morgan fingerprint density at radius 3 is 0.953 bits per heavy atom. The van der Waals surface area contributed by atoms with Crippen molar-refractivity contribution in [2.24, 2.45) is 0 Å². The molecule has 0 aliphatic rings. The molecule has 0 amide bonds. The van der Waals surface area contributed by atoms with Gasteiger partial charge in [0.1, 0.15) is 0 Å². The fourth-order valence-electron chi connectivity index (χ4n) is 6.66. The van der Waals surface area contributed by atoms with Crippen LogP contribution in [-0.2, 0) is 4.79 Å². The lowest BCUT2D eigenvalue weighted by Gasteiger charge is -2.29. The number of hydrogen-bond donors (Lipinski definition) is 1. The van der Waals surface area contributed by atoms with Crippen molar-refractivity contribution in [2.75, 3.05) is 13.1 Å². The van der Waals surface area contributed by atoms with Gasteiger partial charge in [-0.25, -0.2) is 0 Å². The zero-order chi connectivity index (χ0) is 31.5. The molecule has 0 rings (SSSR count). The van der Waals surface area contributed by atoms with Crippen LogP contribution in [0.25, 0.3) is 0 Å². The lowest BCUT2D eigenvalue weighted by atomic mass is 10.0. The standard InChI is InChI=1S/C40H81NO2/c1-4-6-8-10-12-14-16-18-20-22-24-26-28-30-32-37-41(39(3)35-34-36-40(42)43)38-33-31-29-27-25-23-21-19-17-15-13-11-9-7-5-2/h39H,4-38H2,1-3H3,(H,42,43). The Bertz CT molecular complexity index is 503. The molecule has 258 valence electrons. The number of carboxylic acid groups (broad SMARTS) is 1. The molecule has 0 saturated carbocycles. The number of aliphatic carboxylic acids is 1. The molecule has 1 N–H and O–H groups in total. The number of unbranched alkanes of at least 4 members (excludes halogenated alkanes) is 28. The molecule has 0 aromatic carbocycles. The van der Waals surface area contributed by atoms with E-state index in [0.29, 0.717) is 12.5 Å². The van der Waals surface area contributed by atoms with Crippen molar-refractivity contribution in [1.82, 2.24) is 4.90 Å². The van der Waals surface area contributed by atoms with E-state index in [2.05, 4.69) is 25.7 Å². The Morgan fingerprint density at radius 2 is 0.698 bits per heavy atom. The third-order valence-corrected chi connectivity index (χ3v) is 9.73. The smallest absolute Gasteiger partial charge is 0.303 e. The molecule has 0 radical (unpaired) electrons. The fraction of sp³-hybridized carbons (Fsp3) is 0.975. The molecular formula is C40H81NO2. The van der Waals surface area contributed by atoms with Crippen molar-refractivity contribution >= 4 is 5.97 Å². The second-order valence-corrected chi connectivity index (χ2v) is 14.1. The van der Waals surface area contributed by atoms with Gasteiger partial charge in [0.2, 0.25) is 0 Å². The average molecular weight is 608 g/mol. The van der Waals surface area contributed by atoms with E-state index in [1.807, 2.05) is 0 Å². The molecule has 3 heteroatoms. The molecule has 0 aliphatic heterocycles. The zero-order valence-corrected chi connectivity index (χ0v) is 30.1. The number of rotatable bonds is 37. The molecule has 0 aromatic heterocycles. The summed E-state index contributed by atoms with van der Waals surface area (Å²) in [6.07, 6.45) is 44.6. The van der Waals surface area contributed by atoms with Crippen LogP contribution in [0.2, 0.25) is 0 Å². The monoisotopic (exact) mass is 608 g/mol. The summed E-state index contributed by atoms with van der Waals surface area (Å²) in [5.74, 6) is -0.649. The number of nitrogens with zero attached hydrogens (tertiary/aromatic N) is 1. The van der Waals surface area contributed by atoms with E-state index < -0.39 is 5.97 Å². The summed E-state index contributed by atoms with van der Waals surface area (Å²) in [6.45, 7) is 9.32. The summed E-state index contributed by atoms with van der Waals surface area (Å²) in [5, 5.41) is 9.06. The van der Waals surface area contributed by atoms with Crippen molar-refractivity contribution < 1.29 is 9.90 Å². The van der Waals surface area contributed by atoms with Gasteiger partial charge < -0.3 is 10.0 Å². The molecule has 3 nitrogen and oxygen atoms in total. The zero-order valence-electron chi connectivity index (χ0n) is 30.1. The maximum absolute atomic E-state index is 11.0. The number of carboxylic acids is 1. The Morgan fingerprint density at radius 1 is 0.442 bits per heavy atom. The minimum atomic E-state index is -0.649. The van der Waals surface area contributed by atoms with Gasteiger partial charge in [-0.05, 0) is 45.7 Å². The first-order chi connectivity index (χ1) is 21.1. The topological polar surface area (TPSA) is 40.5 Å². The van der Waals surface area contributed by atoms with Gasteiger partial charge in [0, 0.05) is 12.5 Å². The highest BCUT2D eigenvalue weighted by Gasteiger charge is 2.14. The van der Waals surface area contributed by atoms with Crippen molar-refractivity contribution in [3.8, 4) is 0 Å². The molecule has 1 unspecified atom stereocenters. The summed E-state index contributed by atoms with van der Waals surface area (Å²) in [7, 11) is 0. The lowest BCUT2D eigenvalue weighted by molar-refractivity contribution is -0.137. The van der Waals surface area contributed by atoms with Crippen LogP contribution >= 0.6 is 0 Å². The summed E-state index contributed by atoms with van der Waals surface area (Å²) < 4.78 is 0. The van der Waals surface area contributed by atoms with Crippen LogP contribution < -0.4 is 0 Å². The summed E-state index contributed by atoms with van der Waals surface area (Å²) in [6, 6.07) is 0.512.